The van der Waals surface area contributed by atoms with Crippen LogP contribution in [0.3, 0.4) is 0 Å². The van der Waals surface area contributed by atoms with Crippen molar-refractivity contribution in [3.63, 3.8) is 0 Å². The summed E-state index contributed by atoms with van der Waals surface area (Å²) in [4.78, 5) is 5.44. The van der Waals surface area contributed by atoms with E-state index in [1.807, 2.05) is 0 Å². The van der Waals surface area contributed by atoms with Crippen molar-refractivity contribution in [3.8, 4) is 0 Å². The Bertz CT molecular complexity index is 409. The first-order valence-electron chi connectivity index (χ1n) is 8.81. The molecule has 0 unspecified atom stereocenters. The largest absolute Gasteiger partial charge is 0.303 e. The third-order valence-corrected chi connectivity index (χ3v) is 5.32. The van der Waals surface area contributed by atoms with Gasteiger partial charge in [0.1, 0.15) is 0 Å². The molecule has 1 aromatic rings. The first-order chi connectivity index (χ1) is 10.3. The molecule has 2 aliphatic heterocycles. The predicted octanol–water partition coefficient (Wildman–Crippen LogP) is 3.43. The molecule has 0 amide bonds. The van der Waals surface area contributed by atoms with E-state index in [4.69, 9.17) is 0 Å². The lowest BCUT2D eigenvalue weighted by Crippen LogP contribution is -2.48. The SMILES string of the molecule is C[C@@H]1CCCN(C2CCN(CCc3ccccc3)CC2)C1. The predicted molar refractivity (Wildman–Crippen MR) is 89.6 cm³/mol. The standard InChI is InChI=1S/C19H30N2/c1-17-6-5-12-21(16-17)19-10-14-20(15-11-19)13-9-18-7-3-2-4-8-18/h2-4,7-8,17,19H,5-6,9-16H2,1H3/t17-/m1/s1. The molecule has 3 rings (SSSR count). The quantitative estimate of drug-likeness (QED) is 0.837. The molecule has 0 spiro atoms. The summed E-state index contributed by atoms with van der Waals surface area (Å²) >= 11 is 0. The fourth-order valence-electron chi connectivity index (χ4n) is 4.00. The van der Waals surface area contributed by atoms with Gasteiger partial charge in [-0.2, -0.15) is 0 Å². The van der Waals surface area contributed by atoms with Crippen LogP contribution in [-0.4, -0.2) is 48.6 Å². The second kappa shape index (κ2) is 7.42. The van der Waals surface area contributed by atoms with E-state index in [2.05, 4.69) is 47.1 Å². The van der Waals surface area contributed by atoms with Crippen molar-refractivity contribution in [1.82, 2.24) is 9.80 Å². The van der Waals surface area contributed by atoms with E-state index in [1.54, 1.807) is 0 Å². The van der Waals surface area contributed by atoms with Gasteiger partial charge in [-0.3, -0.25) is 0 Å². The topological polar surface area (TPSA) is 6.48 Å². The lowest BCUT2D eigenvalue weighted by Gasteiger charge is -2.41. The molecule has 0 N–H and O–H groups in total. The van der Waals surface area contributed by atoms with E-state index < -0.39 is 0 Å². The van der Waals surface area contributed by atoms with Gasteiger partial charge in [0.2, 0.25) is 0 Å². The first-order valence-corrected chi connectivity index (χ1v) is 8.81. The number of rotatable bonds is 4. The highest BCUT2D eigenvalue weighted by molar-refractivity contribution is 5.14. The van der Waals surface area contributed by atoms with Gasteiger partial charge in [0.25, 0.3) is 0 Å². The van der Waals surface area contributed by atoms with Gasteiger partial charge < -0.3 is 9.80 Å². The Balaban J connectivity index is 1.40. The number of nitrogens with zero attached hydrogens (tertiary/aromatic N) is 2. The van der Waals surface area contributed by atoms with Gasteiger partial charge in [0.05, 0.1) is 0 Å². The summed E-state index contributed by atoms with van der Waals surface area (Å²) < 4.78 is 0. The van der Waals surface area contributed by atoms with Crippen molar-refractivity contribution < 1.29 is 0 Å². The summed E-state index contributed by atoms with van der Waals surface area (Å²) in [6.07, 6.45) is 6.80. The second-order valence-electron chi connectivity index (χ2n) is 7.05. The molecule has 0 bridgehead atoms. The summed E-state index contributed by atoms with van der Waals surface area (Å²) in [5.41, 5.74) is 1.48. The van der Waals surface area contributed by atoms with Crippen molar-refractivity contribution in [1.29, 1.82) is 0 Å². The van der Waals surface area contributed by atoms with Crippen molar-refractivity contribution in [2.45, 2.75) is 45.1 Å². The third-order valence-electron chi connectivity index (χ3n) is 5.32. The number of hydrogen-bond donors (Lipinski definition) is 0. The first kappa shape index (κ1) is 15.1. The Labute approximate surface area is 130 Å². The molecular weight excluding hydrogens is 256 g/mol. The molecule has 1 aromatic carbocycles. The maximum Gasteiger partial charge on any atom is 0.0120 e. The summed E-state index contributed by atoms with van der Waals surface area (Å²) in [5, 5.41) is 0. The minimum atomic E-state index is 0.862. The Kier molecular flexibility index (Phi) is 5.32. The second-order valence-corrected chi connectivity index (χ2v) is 7.05. The van der Waals surface area contributed by atoms with Gasteiger partial charge in [-0.15, -0.1) is 0 Å². The minimum Gasteiger partial charge on any atom is -0.303 e. The Morgan fingerprint density at radius 1 is 1.00 bits per heavy atom. The van der Waals surface area contributed by atoms with Crippen molar-refractivity contribution in [2.24, 2.45) is 5.92 Å². The summed E-state index contributed by atoms with van der Waals surface area (Å²) in [6.45, 7) is 8.92. The van der Waals surface area contributed by atoms with Gasteiger partial charge in [-0.1, -0.05) is 37.3 Å². The van der Waals surface area contributed by atoms with Crippen LogP contribution in [0.2, 0.25) is 0 Å². The summed E-state index contributed by atoms with van der Waals surface area (Å²) in [5.74, 6) is 0.912. The Morgan fingerprint density at radius 2 is 1.76 bits per heavy atom. The molecular formula is C19H30N2. The maximum absolute atomic E-state index is 2.78. The Morgan fingerprint density at radius 3 is 2.48 bits per heavy atom. The highest BCUT2D eigenvalue weighted by Gasteiger charge is 2.27. The summed E-state index contributed by atoms with van der Waals surface area (Å²) in [7, 11) is 0. The highest BCUT2D eigenvalue weighted by atomic mass is 15.2. The molecule has 1 atom stereocenters. The van der Waals surface area contributed by atoms with Crippen LogP contribution in [0.4, 0.5) is 0 Å². The van der Waals surface area contributed by atoms with Crippen LogP contribution in [0.5, 0.6) is 0 Å². The molecule has 116 valence electrons. The molecule has 0 radical (unpaired) electrons. The molecule has 2 fully saturated rings. The van der Waals surface area contributed by atoms with E-state index >= 15 is 0 Å². The monoisotopic (exact) mass is 286 g/mol. The van der Waals surface area contributed by atoms with Gasteiger partial charge in [0, 0.05) is 19.1 Å². The molecule has 2 heteroatoms. The zero-order chi connectivity index (χ0) is 14.5. The van der Waals surface area contributed by atoms with Crippen molar-refractivity contribution in [2.75, 3.05) is 32.7 Å². The zero-order valence-electron chi connectivity index (χ0n) is 13.5. The molecule has 0 saturated carbocycles. The van der Waals surface area contributed by atoms with Crippen LogP contribution in [-0.2, 0) is 6.42 Å². The van der Waals surface area contributed by atoms with Crippen molar-refractivity contribution >= 4 is 0 Å². The molecule has 0 aromatic heterocycles. The number of hydrogen-bond acceptors (Lipinski definition) is 2. The summed E-state index contributed by atoms with van der Waals surface area (Å²) in [6, 6.07) is 11.8. The fourth-order valence-corrected chi connectivity index (χ4v) is 4.00. The number of likely N-dealkylation sites (tertiary alicyclic amines) is 2. The molecule has 21 heavy (non-hydrogen) atoms. The zero-order valence-corrected chi connectivity index (χ0v) is 13.5. The lowest BCUT2D eigenvalue weighted by atomic mass is 9.95. The van der Waals surface area contributed by atoms with Crippen LogP contribution >= 0.6 is 0 Å². The van der Waals surface area contributed by atoms with E-state index in [1.165, 1.54) is 70.4 Å². The fraction of sp³-hybridized carbons (Fsp3) is 0.684. The van der Waals surface area contributed by atoms with Gasteiger partial charge in [0.15, 0.2) is 0 Å². The smallest absolute Gasteiger partial charge is 0.0120 e. The Hall–Kier alpha value is -0.860. The van der Waals surface area contributed by atoms with Crippen LogP contribution in [0.15, 0.2) is 30.3 Å². The van der Waals surface area contributed by atoms with Gasteiger partial charge in [-0.25, -0.2) is 0 Å². The normalized spacial score (nSPS) is 26.0. The van der Waals surface area contributed by atoms with Crippen LogP contribution < -0.4 is 0 Å². The average molecular weight is 286 g/mol. The van der Waals surface area contributed by atoms with E-state index in [0.717, 1.165) is 12.0 Å². The van der Waals surface area contributed by atoms with E-state index in [-0.39, 0.29) is 0 Å². The van der Waals surface area contributed by atoms with Crippen LogP contribution in [0.1, 0.15) is 38.2 Å². The van der Waals surface area contributed by atoms with E-state index in [9.17, 15) is 0 Å². The third kappa shape index (κ3) is 4.31. The maximum atomic E-state index is 2.78. The van der Waals surface area contributed by atoms with Gasteiger partial charge in [-0.05, 0) is 63.2 Å². The number of piperidine rings is 2. The lowest BCUT2D eigenvalue weighted by molar-refractivity contribution is 0.0756. The molecule has 2 aliphatic rings. The molecule has 2 saturated heterocycles. The molecule has 2 heterocycles. The highest BCUT2D eigenvalue weighted by Crippen LogP contribution is 2.23. The van der Waals surface area contributed by atoms with Gasteiger partial charge >= 0.3 is 0 Å². The average Bonchev–Trinajstić information content (AvgIpc) is 2.54. The number of benzene rings is 1. The van der Waals surface area contributed by atoms with Crippen LogP contribution in [0.25, 0.3) is 0 Å². The molecule has 0 aliphatic carbocycles. The minimum absolute atomic E-state index is 0.862. The van der Waals surface area contributed by atoms with E-state index in [0.29, 0.717) is 0 Å². The van der Waals surface area contributed by atoms with Crippen LogP contribution in [0, 0.1) is 5.92 Å². The van der Waals surface area contributed by atoms with Crippen molar-refractivity contribution in [3.05, 3.63) is 35.9 Å². The molecule has 2 nitrogen and oxygen atoms in total.